The number of benzene rings is 1. The van der Waals surface area contributed by atoms with Crippen LogP contribution in [0.3, 0.4) is 0 Å². The number of ether oxygens (including phenoxy) is 1. The summed E-state index contributed by atoms with van der Waals surface area (Å²) < 4.78 is 5.36. The highest BCUT2D eigenvalue weighted by Crippen LogP contribution is 2.23. The van der Waals surface area contributed by atoms with Gasteiger partial charge in [-0.3, -0.25) is 9.69 Å². The van der Waals surface area contributed by atoms with E-state index in [2.05, 4.69) is 39.5 Å². The fraction of sp³-hybridized carbons (Fsp3) is 0.409. The average Bonchev–Trinajstić information content (AvgIpc) is 2.74. The van der Waals surface area contributed by atoms with E-state index in [1.165, 1.54) is 11.6 Å². The lowest BCUT2D eigenvalue weighted by Crippen LogP contribution is -2.38. The summed E-state index contributed by atoms with van der Waals surface area (Å²) in [6.07, 6.45) is 2.08. The normalized spacial score (nSPS) is 14.9. The fourth-order valence-electron chi connectivity index (χ4n) is 3.53. The first-order chi connectivity index (χ1) is 14.1. The molecule has 3 rings (SSSR count). The number of nitrogens with two attached hydrogens (primary N) is 1. The van der Waals surface area contributed by atoms with Crippen LogP contribution in [0.25, 0.3) is 0 Å². The van der Waals surface area contributed by atoms with Gasteiger partial charge in [0, 0.05) is 13.1 Å². The number of pyridine rings is 1. The molecule has 1 aliphatic heterocycles. The average molecular weight is 393 g/mol. The molecule has 1 fully saturated rings. The second-order valence-corrected chi connectivity index (χ2v) is 7.24. The van der Waals surface area contributed by atoms with Crippen LogP contribution < -0.4 is 15.8 Å². The Morgan fingerprint density at radius 1 is 1.34 bits per heavy atom. The quantitative estimate of drug-likeness (QED) is 0.749. The maximum atomic E-state index is 12.5. The fourth-order valence-corrected chi connectivity index (χ4v) is 3.53. The van der Waals surface area contributed by atoms with Gasteiger partial charge in [0.15, 0.2) is 0 Å². The Labute approximate surface area is 171 Å². The van der Waals surface area contributed by atoms with Gasteiger partial charge in [-0.25, -0.2) is 4.98 Å². The second-order valence-electron chi connectivity index (χ2n) is 7.24. The minimum absolute atomic E-state index is 0.106. The van der Waals surface area contributed by atoms with Gasteiger partial charge in [-0.2, -0.15) is 5.26 Å². The maximum absolute atomic E-state index is 12.5. The van der Waals surface area contributed by atoms with Gasteiger partial charge in [-0.15, -0.1) is 0 Å². The molecule has 0 bridgehead atoms. The van der Waals surface area contributed by atoms with E-state index in [0.29, 0.717) is 19.1 Å². The van der Waals surface area contributed by atoms with Gasteiger partial charge in [0.25, 0.3) is 5.91 Å². The Hall–Kier alpha value is -3.11. The number of nitriles is 1. The van der Waals surface area contributed by atoms with Crippen molar-refractivity contribution in [3.05, 3.63) is 53.2 Å². The lowest BCUT2D eigenvalue weighted by atomic mass is 9.96. The van der Waals surface area contributed by atoms with E-state index in [1.807, 2.05) is 12.1 Å². The number of hydrogen-bond donors (Lipinski definition) is 2. The van der Waals surface area contributed by atoms with Crippen molar-refractivity contribution in [2.45, 2.75) is 26.3 Å². The Kier molecular flexibility index (Phi) is 7.04. The summed E-state index contributed by atoms with van der Waals surface area (Å²) in [4.78, 5) is 19.1. The van der Waals surface area contributed by atoms with Gasteiger partial charge in [0.2, 0.25) is 5.88 Å². The Bertz CT molecular complexity index is 871. The third-order valence-corrected chi connectivity index (χ3v) is 5.15. The number of anilines is 1. The van der Waals surface area contributed by atoms with E-state index in [4.69, 9.17) is 10.5 Å². The predicted molar refractivity (Wildman–Crippen MR) is 111 cm³/mol. The third kappa shape index (κ3) is 5.46. The Morgan fingerprint density at radius 3 is 2.72 bits per heavy atom. The molecule has 7 heteroatoms. The largest absolute Gasteiger partial charge is 0.477 e. The number of nitrogens with one attached hydrogen (secondary N) is 1. The van der Waals surface area contributed by atoms with E-state index >= 15 is 0 Å². The molecular formula is C22H27N5O2. The van der Waals surface area contributed by atoms with Crippen molar-refractivity contribution < 1.29 is 9.53 Å². The first-order valence-corrected chi connectivity index (χ1v) is 9.98. The Balaban J connectivity index is 1.51. The summed E-state index contributed by atoms with van der Waals surface area (Å²) in [7, 11) is 0. The summed E-state index contributed by atoms with van der Waals surface area (Å²) in [5, 5.41) is 12.1. The third-order valence-electron chi connectivity index (χ3n) is 5.15. The molecule has 0 atom stereocenters. The molecule has 29 heavy (non-hydrogen) atoms. The maximum Gasteiger partial charge on any atom is 0.270 e. The molecule has 0 spiro atoms. The zero-order valence-corrected chi connectivity index (χ0v) is 16.7. The summed E-state index contributed by atoms with van der Waals surface area (Å²) in [5.41, 5.74) is 7.75. The molecule has 1 amide bonds. The lowest BCUT2D eigenvalue weighted by molar-refractivity contribution is 0.0929. The zero-order valence-electron chi connectivity index (χ0n) is 16.7. The number of nitrogen functional groups attached to an aromatic ring is 1. The smallest absolute Gasteiger partial charge is 0.270 e. The number of carbonyl (C=O) groups is 1. The number of hydrogen-bond acceptors (Lipinski definition) is 6. The van der Waals surface area contributed by atoms with Gasteiger partial charge in [0.05, 0.1) is 12.3 Å². The zero-order chi connectivity index (χ0) is 20.6. The number of nitrogens with zero attached hydrogens (tertiary/aromatic N) is 3. The monoisotopic (exact) mass is 393 g/mol. The second kappa shape index (κ2) is 9.89. The molecule has 0 aliphatic carbocycles. The van der Waals surface area contributed by atoms with Crippen molar-refractivity contribution in [2.75, 3.05) is 32.0 Å². The molecule has 1 saturated heterocycles. The van der Waals surface area contributed by atoms with E-state index in [9.17, 15) is 10.1 Å². The molecule has 0 radical (unpaired) electrons. The van der Waals surface area contributed by atoms with Crippen LogP contribution in [0, 0.1) is 17.2 Å². The van der Waals surface area contributed by atoms with Crippen molar-refractivity contribution >= 4 is 11.6 Å². The number of amides is 1. The van der Waals surface area contributed by atoms with E-state index in [1.54, 1.807) is 6.92 Å². The number of likely N-dealkylation sites (tertiary alicyclic amines) is 1. The van der Waals surface area contributed by atoms with Crippen LogP contribution in [-0.2, 0) is 6.54 Å². The van der Waals surface area contributed by atoms with Gasteiger partial charge in [-0.05, 0) is 50.4 Å². The number of piperidine rings is 1. The van der Waals surface area contributed by atoms with Crippen LogP contribution in [0.2, 0.25) is 0 Å². The van der Waals surface area contributed by atoms with Crippen LogP contribution in [-0.4, -0.2) is 42.0 Å². The van der Waals surface area contributed by atoms with Crippen LogP contribution in [0.1, 0.15) is 41.4 Å². The van der Waals surface area contributed by atoms with Crippen molar-refractivity contribution in [3.8, 4) is 11.9 Å². The Morgan fingerprint density at radius 2 is 2.07 bits per heavy atom. The van der Waals surface area contributed by atoms with Crippen molar-refractivity contribution in [3.63, 3.8) is 0 Å². The molecular weight excluding hydrogens is 366 g/mol. The molecule has 0 saturated carbocycles. The van der Waals surface area contributed by atoms with Gasteiger partial charge in [-0.1, -0.05) is 30.3 Å². The van der Waals surface area contributed by atoms with Gasteiger partial charge in [0.1, 0.15) is 17.3 Å². The first-order valence-electron chi connectivity index (χ1n) is 9.98. The highest BCUT2D eigenvalue weighted by Gasteiger charge is 2.21. The molecule has 1 aromatic carbocycles. The number of rotatable bonds is 7. The van der Waals surface area contributed by atoms with Gasteiger partial charge >= 0.3 is 0 Å². The van der Waals surface area contributed by atoms with Crippen molar-refractivity contribution in [2.24, 2.45) is 5.92 Å². The van der Waals surface area contributed by atoms with Gasteiger partial charge < -0.3 is 15.8 Å². The summed E-state index contributed by atoms with van der Waals surface area (Å²) in [5.74, 6) is 0.247. The molecule has 3 N–H and O–H groups in total. The summed E-state index contributed by atoms with van der Waals surface area (Å²) >= 11 is 0. The number of aromatic nitrogens is 1. The van der Waals surface area contributed by atoms with Crippen molar-refractivity contribution in [1.82, 2.24) is 15.2 Å². The molecule has 1 aromatic heterocycles. The molecule has 2 heterocycles. The SMILES string of the molecule is CCOc1nc(C(=O)NCC2CCN(Cc3ccccc3)CC2)cc(N)c1C#N. The van der Waals surface area contributed by atoms with Crippen molar-refractivity contribution in [1.29, 1.82) is 5.26 Å². The van der Waals surface area contributed by atoms with Crippen LogP contribution in [0.5, 0.6) is 5.88 Å². The standard InChI is InChI=1S/C22H27N5O2/c1-2-29-22-18(13-23)19(24)12-20(26-22)21(28)25-14-16-8-10-27(11-9-16)15-17-6-4-3-5-7-17/h3-7,12,16H,2,8-11,14-15H2,1H3,(H2,24,26)(H,25,28). The molecule has 1 aliphatic rings. The minimum Gasteiger partial charge on any atom is -0.477 e. The highest BCUT2D eigenvalue weighted by atomic mass is 16.5. The summed E-state index contributed by atoms with van der Waals surface area (Å²) in [6.45, 7) is 5.74. The highest BCUT2D eigenvalue weighted by molar-refractivity contribution is 5.93. The van der Waals surface area contributed by atoms with E-state index in [-0.39, 0.29) is 28.7 Å². The van der Waals surface area contributed by atoms with E-state index < -0.39 is 0 Å². The topological polar surface area (TPSA) is 104 Å². The molecule has 0 unspecified atom stereocenters. The number of carbonyl (C=O) groups excluding carboxylic acids is 1. The van der Waals surface area contributed by atoms with E-state index in [0.717, 1.165) is 32.5 Å². The lowest BCUT2D eigenvalue weighted by Gasteiger charge is -2.32. The minimum atomic E-state index is -0.297. The van der Waals surface area contributed by atoms with Crippen LogP contribution >= 0.6 is 0 Å². The summed E-state index contributed by atoms with van der Waals surface area (Å²) in [6, 6.07) is 13.9. The predicted octanol–water partition coefficient (Wildman–Crippen LogP) is 2.58. The van der Waals surface area contributed by atoms with Crippen LogP contribution in [0.15, 0.2) is 36.4 Å². The van der Waals surface area contributed by atoms with Crippen LogP contribution in [0.4, 0.5) is 5.69 Å². The molecule has 152 valence electrons. The molecule has 7 nitrogen and oxygen atoms in total. The molecule has 2 aromatic rings. The first kappa shape index (κ1) is 20.6.